The van der Waals surface area contributed by atoms with Gasteiger partial charge in [-0.1, -0.05) is 19.8 Å². The molecule has 0 radical (unpaired) electrons. The monoisotopic (exact) mass is 166 g/mol. The van der Waals surface area contributed by atoms with E-state index >= 15 is 0 Å². The van der Waals surface area contributed by atoms with Gasteiger partial charge < -0.3 is 5.11 Å². The number of hydrogen-bond donors (Lipinski definition) is 1. The first-order valence-corrected chi connectivity index (χ1v) is 5.10. The normalized spacial score (nSPS) is 41.8. The van der Waals surface area contributed by atoms with Crippen molar-refractivity contribution in [3.05, 3.63) is 11.8 Å². The van der Waals surface area contributed by atoms with Crippen LogP contribution in [0.5, 0.6) is 0 Å². The molecular weight excluding hydrogens is 148 g/mol. The summed E-state index contributed by atoms with van der Waals surface area (Å²) in [5, 5.41) is 9.42. The highest BCUT2D eigenvalue weighted by atomic mass is 16.3. The van der Waals surface area contributed by atoms with Gasteiger partial charge in [-0.15, -0.1) is 0 Å². The van der Waals surface area contributed by atoms with Crippen LogP contribution in [0.25, 0.3) is 0 Å². The molecule has 1 fully saturated rings. The molecule has 0 amide bonds. The molecule has 0 heterocycles. The van der Waals surface area contributed by atoms with E-state index in [1.54, 1.807) is 0 Å². The van der Waals surface area contributed by atoms with E-state index in [9.17, 15) is 5.11 Å². The minimum atomic E-state index is 0.518. The third-order valence-electron chi connectivity index (χ3n) is 3.75. The standard InChI is InChI=1S/C11H18O/c1-11-6-3-2-4-9(11)8-10(12)5-7-11/h8-9,12H,2-7H2,1H3/t9?,11-/m0/s1. The molecule has 0 saturated heterocycles. The van der Waals surface area contributed by atoms with E-state index in [2.05, 4.69) is 13.0 Å². The summed E-state index contributed by atoms with van der Waals surface area (Å²) in [6, 6.07) is 0. The summed E-state index contributed by atoms with van der Waals surface area (Å²) in [5.74, 6) is 1.30. The van der Waals surface area contributed by atoms with E-state index in [-0.39, 0.29) is 0 Å². The van der Waals surface area contributed by atoms with Gasteiger partial charge in [0.1, 0.15) is 0 Å². The van der Waals surface area contributed by atoms with Crippen LogP contribution in [0.2, 0.25) is 0 Å². The van der Waals surface area contributed by atoms with Crippen LogP contribution >= 0.6 is 0 Å². The van der Waals surface area contributed by atoms with Crippen molar-refractivity contribution in [3.63, 3.8) is 0 Å². The molecule has 0 spiro atoms. The Kier molecular flexibility index (Phi) is 1.90. The van der Waals surface area contributed by atoms with Crippen molar-refractivity contribution in [3.8, 4) is 0 Å². The molecule has 1 heteroatoms. The van der Waals surface area contributed by atoms with Gasteiger partial charge in [0, 0.05) is 6.42 Å². The van der Waals surface area contributed by atoms with Crippen LogP contribution in [0.1, 0.15) is 45.4 Å². The van der Waals surface area contributed by atoms with Gasteiger partial charge in [0.05, 0.1) is 5.76 Å². The summed E-state index contributed by atoms with van der Waals surface area (Å²) in [5.41, 5.74) is 0.518. The third kappa shape index (κ3) is 1.26. The van der Waals surface area contributed by atoms with Gasteiger partial charge in [0.25, 0.3) is 0 Å². The zero-order chi connectivity index (χ0) is 8.60. The highest BCUT2D eigenvalue weighted by molar-refractivity contribution is 5.08. The Bertz CT molecular complexity index is 207. The third-order valence-corrected chi connectivity index (χ3v) is 3.75. The van der Waals surface area contributed by atoms with Crippen molar-refractivity contribution in [2.45, 2.75) is 45.4 Å². The lowest BCUT2D eigenvalue weighted by atomic mass is 9.63. The maximum atomic E-state index is 9.42. The molecular formula is C11H18O. The molecule has 1 unspecified atom stereocenters. The molecule has 12 heavy (non-hydrogen) atoms. The molecule has 0 aromatic heterocycles. The second kappa shape index (κ2) is 2.79. The maximum Gasteiger partial charge on any atom is 0.0886 e. The summed E-state index contributed by atoms with van der Waals surface area (Å²) >= 11 is 0. The quantitative estimate of drug-likeness (QED) is 0.584. The molecule has 0 aromatic rings. The minimum absolute atomic E-state index is 0.518. The fourth-order valence-corrected chi connectivity index (χ4v) is 2.75. The molecule has 2 rings (SSSR count). The predicted molar refractivity (Wildman–Crippen MR) is 50.0 cm³/mol. The molecule has 68 valence electrons. The molecule has 2 aliphatic rings. The molecule has 2 atom stereocenters. The summed E-state index contributed by atoms with van der Waals surface area (Å²) in [7, 11) is 0. The smallest absolute Gasteiger partial charge is 0.0886 e. The van der Waals surface area contributed by atoms with Gasteiger partial charge in [0.15, 0.2) is 0 Å². The summed E-state index contributed by atoms with van der Waals surface area (Å²) < 4.78 is 0. The van der Waals surface area contributed by atoms with Crippen molar-refractivity contribution >= 4 is 0 Å². The van der Waals surface area contributed by atoms with E-state index in [1.807, 2.05) is 0 Å². The molecule has 0 aliphatic heterocycles. The molecule has 1 nitrogen and oxygen atoms in total. The summed E-state index contributed by atoms with van der Waals surface area (Å²) in [6.07, 6.45) is 9.61. The Morgan fingerprint density at radius 1 is 1.42 bits per heavy atom. The molecule has 1 saturated carbocycles. The van der Waals surface area contributed by atoms with E-state index in [0.717, 1.165) is 6.42 Å². The number of rotatable bonds is 0. The zero-order valence-corrected chi connectivity index (χ0v) is 7.84. The maximum absolute atomic E-state index is 9.42. The van der Waals surface area contributed by atoms with Gasteiger partial charge in [-0.3, -0.25) is 0 Å². The molecule has 0 aromatic carbocycles. The average Bonchev–Trinajstić information content (AvgIpc) is 2.06. The zero-order valence-electron chi connectivity index (χ0n) is 7.84. The topological polar surface area (TPSA) is 20.2 Å². The lowest BCUT2D eigenvalue weighted by Crippen LogP contribution is -2.32. The fraction of sp³-hybridized carbons (Fsp3) is 0.818. The van der Waals surface area contributed by atoms with Crippen LogP contribution in [0.15, 0.2) is 11.8 Å². The van der Waals surface area contributed by atoms with Gasteiger partial charge in [-0.05, 0) is 36.7 Å². The predicted octanol–water partition coefficient (Wildman–Crippen LogP) is 3.42. The second-order valence-electron chi connectivity index (χ2n) is 4.66. The number of aliphatic hydroxyl groups is 1. The van der Waals surface area contributed by atoms with Gasteiger partial charge in [-0.25, -0.2) is 0 Å². The Morgan fingerprint density at radius 3 is 3.08 bits per heavy atom. The lowest BCUT2D eigenvalue weighted by Gasteiger charge is -2.42. The van der Waals surface area contributed by atoms with E-state index in [4.69, 9.17) is 0 Å². The van der Waals surface area contributed by atoms with Gasteiger partial charge >= 0.3 is 0 Å². The Labute approximate surface area is 74.5 Å². The van der Waals surface area contributed by atoms with E-state index < -0.39 is 0 Å². The molecule has 1 N–H and O–H groups in total. The fourth-order valence-electron chi connectivity index (χ4n) is 2.75. The highest BCUT2D eigenvalue weighted by Gasteiger charge is 2.37. The highest BCUT2D eigenvalue weighted by Crippen LogP contribution is 2.48. The number of allylic oxidation sites excluding steroid dienone is 2. The molecule has 2 aliphatic carbocycles. The number of fused-ring (bicyclic) bond motifs is 1. The SMILES string of the molecule is C[C@@]12CCCCC1C=C(O)CC2. The van der Waals surface area contributed by atoms with Crippen molar-refractivity contribution in [2.24, 2.45) is 11.3 Å². The average molecular weight is 166 g/mol. The van der Waals surface area contributed by atoms with Crippen LogP contribution in [-0.4, -0.2) is 5.11 Å². The van der Waals surface area contributed by atoms with Crippen molar-refractivity contribution in [1.82, 2.24) is 0 Å². The van der Waals surface area contributed by atoms with Crippen molar-refractivity contribution in [2.75, 3.05) is 0 Å². The Hall–Kier alpha value is -0.460. The van der Waals surface area contributed by atoms with E-state index in [0.29, 0.717) is 17.1 Å². The first kappa shape index (κ1) is 8.15. The Morgan fingerprint density at radius 2 is 2.25 bits per heavy atom. The van der Waals surface area contributed by atoms with Gasteiger partial charge in [-0.2, -0.15) is 0 Å². The first-order valence-electron chi connectivity index (χ1n) is 5.10. The number of hydrogen-bond acceptors (Lipinski definition) is 1. The second-order valence-corrected chi connectivity index (χ2v) is 4.66. The van der Waals surface area contributed by atoms with Crippen LogP contribution in [0.4, 0.5) is 0 Å². The van der Waals surface area contributed by atoms with Gasteiger partial charge in [0.2, 0.25) is 0 Å². The van der Waals surface area contributed by atoms with Crippen LogP contribution in [0.3, 0.4) is 0 Å². The lowest BCUT2D eigenvalue weighted by molar-refractivity contribution is 0.115. The number of aliphatic hydroxyl groups excluding tert-OH is 1. The van der Waals surface area contributed by atoms with E-state index in [1.165, 1.54) is 32.1 Å². The first-order chi connectivity index (χ1) is 5.71. The Balaban J connectivity index is 2.19. The summed E-state index contributed by atoms with van der Waals surface area (Å²) in [6.45, 7) is 2.39. The van der Waals surface area contributed by atoms with Crippen LogP contribution in [-0.2, 0) is 0 Å². The minimum Gasteiger partial charge on any atom is -0.513 e. The molecule has 0 bridgehead atoms. The van der Waals surface area contributed by atoms with Crippen molar-refractivity contribution in [1.29, 1.82) is 0 Å². The van der Waals surface area contributed by atoms with Crippen molar-refractivity contribution < 1.29 is 5.11 Å². The largest absolute Gasteiger partial charge is 0.513 e. The summed E-state index contributed by atoms with van der Waals surface area (Å²) in [4.78, 5) is 0. The van der Waals surface area contributed by atoms with Crippen LogP contribution < -0.4 is 0 Å². The van der Waals surface area contributed by atoms with Crippen LogP contribution in [0, 0.1) is 11.3 Å².